The van der Waals surface area contributed by atoms with Crippen LogP contribution in [0.15, 0.2) is 66.7 Å². The van der Waals surface area contributed by atoms with Crippen molar-refractivity contribution in [3.63, 3.8) is 0 Å². The number of ether oxygens (including phenoxy) is 3. The SMILES string of the molecule is COc1ccc(Cn2c(C(=O)O)c(CNCc3ccc4c(c3)OCO4)c3ccccc32)cc1. The van der Waals surface area contributed by atoms with Crippen LogP contribution in [0.3, 0.4) is 0 Å². The van der Waals surface area contributed by atoms with Crippen molar-refractivity contribution in [3.05, 3.63) is 89.1 Å². The van der Waals surface area contributed by atoms with Gasteiger partial charge in [0, 0.05) is 36.1 Å². The first-order valence-electron chi connectivity index (χ1n) is 10.7. The van der Waals surface area contributed by atoms with E-state index in [1.54, 1.807) is 7.11 Å². The van der Waals surface area contributed by atoms with Gasteiger partial charge in [-0.15, -0.1) is 0 Å². The van der Waals surface area contributed by atoms with E-state index in [1.165, 1.54) is 0 Å². The van der Waals surface area contributed by atoms with Crippen molar-refractivity contribution in [2.45, 2.75) is 19.6 Å². The third-order valence-electron chi connectivity index (χ3n) is 5.85. The first-order valence-corrected chi connectivity index (χ1v) is 10.7. The van der Waals surface area contributed by atoms with Crippen molar-refractivity contribution in [2.75, 3.05) is 13.9 Å². The minimum atomic E-state index is -0.945. The van der Waals surface area contributed by atoms with E-state index in [0.717, 1.165) is 44.8 Å². The first-order chi connectivity index (χ1) is 16.1. The van der Waals surface area contributed by atoms with Crippen molar-refractivity contribution >= 4 is 16.9 Å². The monoisotopic (exact) mass is 444 g/mol. The molecule has 0 aliphatic carbocycles. The fourth-order valence-corrected chi connectivity index (χ4v) is 4.26. The molecule has 168 valence electrons. The maximum Gasteiger partial charge on any atom is 0.352 e. The molecule has 1 aromatic heterocycles. The normalized spacial score (nSPS) is 12.3. The second-order valence-corrected chi connectivity index (χ2v) is 7.87. The maximum absolute atomic E-state index is 12.4. The Kier molecular flexibility index (Phi) is 5.62. The zero-order valence-corrected chi connectivity index (χ0v) is 18.2. The molecular formula is C26H24N2O5. The van der Waals surface area contributed by atoms with Crippen LogP contribution >= 0.6 is 0 Å². The first kappa shape index (κ1) is 20.9. The zero-order chi connectivity index (χ0) is 22.8. The summed E-state index contributed by atoms with van der Waals surface area (Å²) in [5.41, 5.74) is 4.00. The van der Waals surface area contributed by atoms with E-state index in [0.29, 0.717) is 25.3 Å². The van der Waals surface area contributed by atoms with Crippen molar-refractivity contribution in [2.24, 2.45) is 0 Å². The summed E-state index contributed by atoms with van der Waals surface area (Å²) >= 11 is 0. The summed E-state index contributed by atoms with van der Waals surface area (Å²) in [6, 6.07) is 21.3. The van der Waals surface area contributed by atoms with E-state index in [1.807, 2.05) is 71.3 Å². The Morgan fingerprint density at radius 1 is 1.00 bits per heavy atom. The number of fused-ring (bicyclic) bond motifs is 2. The van der Waals surface area contributed by atoms with E-state index >= 15 is 0 Å². The summed E-state index contributed by atoms with van der Waals surface area (Å²) in [6.45, 7) is 1.69. The fraction of sp³-hybridized carbons (Fsp3) is 0.192. The van der Waals surface area contributed by atoms with Gasteiger partial charge in [0.05, 0.1) is 7.11 Å². The molecule has 7 nitrogen and oxygen atoms in total. The predicted octanol–water partition coefficient (Wildman–Crippen LogP) is 4.41. The smallest absolute Gasteiger partial charge is 0.352 e. The van der Waals surface area contributed by atoms with Crippen LogP contribution in [0, 0.1) is 0 Å². The van der Waals surface area contributed by atoms with Crippen LogP contribution in [0.25, 0.3) is 10.9 Å². The Bertz CT molecular complexity index is 1310. The lowest BCUT2D eigenvalue weighted by atomic mass is 10.1. The Labute approximate surface area is 191 Å². The summed E-state index contributed by atoms with van der Waals surface area (Å²) in [6.07, 6.45) is 0. The van der Waals surface area contributed by atoms with Crippen LogP contribution in [0.1, 0.15) is 27.2 Å². The molecule has 1 aliphatic heterocycles. The number of aromatic nitrogens is 1. The number of para-hydroxylation sites is 1. The molecule has 2 N–H and O–H groups in total. The highest BCUT2D eigenvalue weighted by Crippen LogP contribution is 2.33. The number of methoxy groups -OCH3 is 1. The molecule has 0 unspecified atom stereocenters. The van der Waals surface area contributed by atoms with Crippen LogP contribution in [-0.2, 0) is 19.6 Å². The number of nitrogens with one attached hydrogen (secondary N) is 1. The number of carbonyl (C=O) groups is 1. The molecule has 7 heteroatoms. The Balaban J connectivity index is 1.43. The molecule has 0 bridgehead atoms. The van der Waals surface area contributed by atoms with Crippen molar-refractivity contribution < 1.29 is 24.1 Å². The largest absolute Gasteiger partial charge is 0.497 e. The average molecular weight is 444 g/mol. The van der Waals surface area contributed by atoms with Gasteiger partial charge in [-0.05, 0) is 41.5 Å². The third-order valence-corrected chi connectivity index (χ3v) is 5.85. The lowest BCUT2D eigenvalue weighted by Crippen LogP contribution is -2.17. The van der Waals surface area contributed by atoms with E-state index < -0.39 is 5.97 Å². The number of carboxylic acid groups (broad SMARTS) is 1. The van der Waals surface area contributed by atoms with Crippen LogP contribution in [0.2, 0.25) is 0 Å². The molecule has 33 heavy (non-hydrogen) atoms. The summed E-state index contributed by atoms with van der Waals surface area (Å²) in [5.74, 6) is 1.30. The highest BCUT2D eigenvalue weighted by molar-refractivity contribution is 5.98. The van der Waals surface area contributed by atoms with E-state index in [4.69, 9.17) is 14.2 Å². The lowest BCUT2D eigenvalue weighted by molar-refractivity contribution is 0.0684. The van der Waals surface area contributed by atoms with E-state index in [-0.39, 0.29) is 6.79 Å². The van der Waals surface area contributed by atoms with Gasteiger partial charge >= 0.3 is 5.97 Å². The minimum Gasteiger partial charge on any atom is -0.497 e. The average Bonchev–Trinajstić information content (AvgIpc) is 3.42. The molecule has 2 heterocycles. The number of aromatic carboxylic acids is 1. The molecule has 5 rings (SSSR count). The van der Waals surface area contributed by atoms with Gasteiger partial charge in [0.25, 0.3) is 0 Å². The van der Waals surface area contributed by atoms with Gasteiger partial charge in [-0.1, -0.05) is 36.4 Å². The third kappa shape index (κ3) is 4.10. The van der Waals surface area contributed by atoms with Gasteiger partial charge < -0.3 is 29.2 Å². The second-order valence-electron chi connectivity index (χ2n) is 7.87. The van der Waals surface area contributed by atoms with Crippen LogP contribution in [-0.4, -0.2) is 29.5 Å². The Morgan fingerprint density at radius 2 is 1.76 bits per heavy atom. The molecule has 0 saturated heterocycles. The number of nitrogens with zero attached hydrogens (tertiary/aromatic N) is 1. The number of hydrogen-bond acceptors (Lipinski definition) is 5. The predicted molar refractivity (Wildman–Crippen MR) is 124 cm³/mol. The summed E-state index contributed by atoms with van der Waals surface area (Å²) in [7, 11) is 1.62. The molecule has 0 spiro atoms. The molecule has 3 aromatic carbocycles. The summed E-state index contributed by atoms with van der Waals surface area (Å²) in [5, 5.41) is 14.5. The van der Waals surface area contributed by atoms with Gasteiger partial charge in [-0.3, -0.25) is 0 Å². The zero-order valence-electron chi connectivity index (χ0n) is 18.2. The van der Waals surface area contributed by atoms with Crippen molar-refractivity contribution in [1.29, 1.82) is 0 Å². The van der Waals surface area contributed by atoms with Gasteiger partial charge in [0.2, 0.25) is 6.79 Å². The molecule has 4 aromatic rings. The summed E-state index contributed by atoms with van der Waals surface area (Å²) in [4.78, 5) is 12.4. The second kappa shape index (κ2) is 8.88. The van der Waals surface area contributed by atoms with Crippen molar-refractivity contribution in [3.8, 4) is 17.2 Å². The lowest BCUT2D eigenvalue weighted by Gasteiger charge is -2.11. The number of hydrogen-bond donors (Lipinski definition) is 2. The number of benzene rings is 3. The van der Waals surface area contributed by atoms with Gasteiger partial charge in [-0.2, -0.15) is 0 Å². The van der Waals surface area contributed by atoms with Gasteiger partial charge in [0.15, 0.2) is 11.5 Å². The highest BCUT2D eigenvalue weighted by Gasteiger charge is 2.22. The molecule has 0 amide bonds. The molecule has 1 aliphatic rings. The van der Waals surface area contributed by atoms with Gasteiger partial charge in [-0.25, -0.2) is 4.79 Å². The van der Waals surface area contributed by atoms with Crippen LogP contribution < -0.4 is 19.5 Å². The summed E-state index contributed by atoms with van der Waals surface area (Å²) < 4.78 is 17.9. The molecule has 0 fully saturated rings. The van der Waals surface area contributed by atoms with Crippen LogP contribution in [0.5, 0.6) is 17.2 Å². The van der Waals surface area contributed by atoms with Crippen molar-refractivity contribution in [1.82, 2.24) is 9.88 Å². The quantitative estimate of drug-likeness (QED) is 0.419. The van der Waals surface area contributed by atoms with Gasteiger partial charge in [0.1, 0.15) is 11.4 Å². The fourth-order valence-electron chi connectivity index (χ4n) is 4.26. The molecule has 0 atom stereocenters. The maximum atomic E-state index is 12.4. The molecule has 0 saturated carbocycles. The Hall–Kier alpha value is -3.97. The topological polar surface area (TPSA) is 82.0 Å². The Morgan fingerprint density at radius 3 is 2.55 bits per heavy atom. The molecule has 0 radical (unpaired) electrons. The van der Waals surface area contributed by atoms with E-state index in [9.17, 15) is 9.90 Å². The van der Waals surface area contributed by atoms with Crippen LogP contribution in [0.4, 0.5) is 0 Å². The highest BCUT2D eigenvalue weighted by atomic mass is 16.7. The standard InChI is InChI=1S/C26H24N2O5/c1-31-19-9-6-17(7-10-19)15-28-22-5-3-2-4-20(22)21(25(28)26(29)30)14-27-13-18-8-11-23-24(12-18)33-16-32-23/h2-12,27H,13-16H2,1H3,(H,29,30). The minimum absolute atomic E-state index is 0.238. The number of carboxylic acids is 1. The molecular weight excluding hydrogens is 420 g/mol. The number of rotatable bonds is 8. The van der Waals surface area contributed by atoms with E-state index in [2.05, 4.69) is 5.32 Å².